The molecule has 0 saturated heterocycles. The number of aromatic nitrogens is 2. The van der Waals surface area contributed by atoms with Crippen LogP contribution in [0.4, 0.5) is 10.2 Å². The van der Waals surface area contributed by atoms with Gasteiger partial charge in [0.1, 0.15) is 5.82 Å². The number of hydrogen-bond acceptors (Lipinski definition) is 3. The van der Waals surface area contributed by atoms with Crippen LogP contribution in [0.25, 0.3) is 21.9 Å². The molecule has 0 saturated carbocycles. The number of benzene rings is 1. The van der Waals surface area contributed by atoms with E-state index in [-0.39, 0.29) is 0 Å². The Balaban J connectivity index is 2.24. The van der Waals surface area contributed by atoms with Crippen molar-refractivity contribution >= 4 is 16.6 Å². The van der Waals surface area contributed by atoms with Crippen molar-refractivity contribution in [2.24, 2.45) is 0 Å². The van der Waals surface area contributed by atoms with Crippen molar-refractivity contribution in [1.29, 1.82) is 0 Å². The molecule has 0 unspecified atom stereocenters. The fraction of sp³-hybridized carbons (Fsp3) is 0.0667. The first-order valence-corrected chi connectivity index (χ1v) is 5.92. The lowest BCUT2D eigenvalue weighted by molar-refractivity contribution is 0.586. The minimum atomic E-state index is -0.456. The van der Waals surface area contributed by atoms with Crippen molar-refractivity contribution in [3.63, 3.8) is 0 Å². The average Bonchev–Trinajstić information content (AvgIpc) is 2.38. The molecule has 0 aliphatic rings. The highest BCUT2D eigenvalue weighted by molar-refractivity contribution is 5.88. The van der Waals surface area contributed by atoms with E-state index in [0.717, 1.165) is 21.9 Å². The zero-order valence-corrected chi connectivity index (χ0v) is 10.4. The van der Waals surface area contributed by atoms with Crippen LogP contribution in [0.5, 0.6) is 0 Å². The average molecular weight is 253 g/mol. The summed E-state index contributed by atoms with van der Waals surface area (Å²) < 4.78 is 13.9. The SMILES string of the molecule is Cc1ccnc(F)c1-c1ccc2cc(N)ncc2c1. The van der Waals surface area contributed by atoms with Crippen molar-refractivity contribution in [2.75, 3.05) is 5.73 Å². The molecule has 0 aliphatic heterocycles. The summed E-state index contributed by atoms with van der Waals surface area (Å²) in [6.45, 7) is 1.87. The molecule has 1 aromatic carbocycles. The van der Waals surface area contributed by atoms with Gasteiger partial charge in [-0.15, -0.1) is 0 Å². The second-order valence-corrected chi connectivity index (χ2v) is 4.46. The van der Waals surface area contributed by atoms with E-state index < -0.39 is 5.95 Å². The third-order valence-corrected chi connectivity index (χ3v) is 3.14. The van der Waals surface area contributed by atoms with Gasteiger partial charge >= 0.3 is 0 Å². The molecule has 2 heterocycles. The van der Waals surface area contributed by atoms with Gasteiger partial charge in [-0.05, 0) is 41.6 Å². The van der Waals surface area contributed by atoms with Gasteiger partial charge in [0.2, 0.25) is 5.95 Å². The summed E-state index contributed by atoms with van der Waals surface area (Å²) >= 11 is 0. The standard InChI is InChI=1S/C15H12FN3/c1-9-4-5-18-15(16)14(9)11-3-2-10-7-13(17)19-8-12(10)6-11/h2-8H,1H3,(H2,17,19). The number of fused-ring (bicyclic) bond motifs is 1. The molecule has 2 N–H and O–H groups in total. The zero-order chi connectivity index (χ0) is 13.4. The number of anilines is 1. The maximum atomic E-state index is 13.9. The van der Waals surface area contributed by atoms with Gasteiger partial charge in [-0.2, -0.15) is 4.39 Å². The van der Waals surface area contributed by atoms with Crippen LogP contribution in [0.1, 0.15) is 5.56 Å². The fourth-order valence-corrected chi connectivity index (χ4v) is 2.19. The fourth-order valence-electron chi connectivity index (χ4n) is 2.19. The molecule has 0 atom stereocenters. The second kappa shape index (κ2) is 4.31. The molecule has 0 aliphatic carbocycles. The number of nitrogen functional groups attached to an aromatic ring is 1. The molecule has 0 spiro atoms. The van der Waals surface area contributed by atoms with Crippen LogP contribution in [-0.2, 0) is 0 Å². The van der Waals surface area contributed by atoms with E-state index in [1.807, 2.05) is 25.1 Å². The molecule has 0 amide bonds. The Hall–Kier alpha value is -2.49. The van der Waals surface area contributed by atoms with Gasteiger partial charge in [-0.1, -0.05) is 12.1 Å². The highest BCUT2D eigenvalue weighted by Crippen LogP contribution is 2.28. The Morgan fingerprint density at radius 3 is 2.68 bits per heavy atom. The third kappa shape index (κ3) is 2.01. The molecule has 4 heteroatoms. The van der Waals surface area contributed by atoms with E-state index >= 15 is 0 Å². The lowest BCUT2D eigenvalue weighted by Gasteiger charge is -2.08. The first-order valence-electron chi connectivity index (χ1n) is 5.92. The number of pyridine rings is 2. The third-order valence-electron chi connectivity index (χ3n) is 3.14. The molecule has 0 radical (unpaired) electrons. The summed E-state index contributed by atoms with van der Waals surface area (Å²) in [6, 6.07) is 9.27. The van der Waals surface area contributed by atoms with Crippen LogP contribution >= 0.6 is 0 Å². The highest BCUT2D eigenvalue weighted by atomic mass is 19.1. The number of hydrogen-bond donors (Lipinski definition) is 1. The van der Waals surface area contributed by atoms with E-state index in [4.69, 9.17) is 5.73 Å². The van der Waals surface area contributed by atoms with Crippen LogP contribution in [0.3, 0.4) is 0 Å². The summed E-state index contributed by atoms with van der Waals surface area (Å²) in [4.78, 5) is 7.76. The Morgan fingerprint density at radius 2 is 1.89 bits per heavy atom. The van der Waals surface area contributed by atoms with Crippen LogP contribution in [-0.4, -0.2) is 9.97 Å². The van der Waals surface area contributed by atoms with E-state index in [9.17, 15) is 4.39 Å². The highest BCUT2D eigenvalue weighted by Gasteiger charge is 2.10. The molecule has 3 nitrogen and oxygen atoms in total. The minimum Gasteiger partial charge on any atom is -0.384 e. The van der Waals surface area contributed by atoms with Gasteiger partial charge in [0.05, 0.1) is 0 Å². The summed E-state index contributed by atoms with van der Waals surface area (Å²) in [5, 5.41) is 1.91. The topological polar surface area (TPSA) is 51.8 Å². The number of nitrogens with two attached hydrogens (primary N) is 1. The van der Waals surface area contributed by atoms with Crippen LogP contribution in [0, 0.1) is 12.9 Å². The Morgan fingerprint density at radius 1 is 1.05 bits per heavy atom. The van der Waals surface area contributed by atoms with Crippen molar-refractivity contribution in [2.45, 2.75) is 6.92 Å². The first-order chi connectivity index (χ1) is 9.15. The monoisotopic (exact) mass is 253 g/mol. The normalized spacial score (nSPS) is 10.8. The van der Waals surface area contributed by atoms with Gasteiger partial charge in [-0.25, -0.2) is 9.97 Å². The quantitative estimate of drug-likeness (QED) is 0.677. The molecule has 3 aromatic rings. The van der Waals surface area contributed by atoms with E-state index in [1.54, 1.807) is 18.3 Å². The number of rotatable bonds is 1. The van der Waals surface area contributed by atoms with Gasteiger partial charge in [0, 0.05) is 23.3 Å². The maximum absolute atomic E-state index is 13.9. The van der Waals surface area contributed by atoms with E-state index in [0.29, 0.717) is 11.4 Å². The first kappa shape index (κ1) is 11.6. The van der Waals surface area contributed by atoms with E-state index in [1.165, 1.54) is 6.20 Å². The number of nitrogens with zero attached hydrogens (tertiary/aromatic N) is 2. The molecule has 94 valence electrons. The summed E-state index contributed by atoms with van der Waals surface area (Å²) in [7, 11) is 0. The van der Waals surface area contributed by atoms with E-state index in [2.05, 4.69) is 9.97 Å². The lowest BCUT2D eigenvalue weighted by Crippen LogP contribution is -1.93. The summed E-state index contributed by atoms with van der Waals surface area (Å²) in [6.07, 6.45) is 3.16. The van der Waals surface area contributed by atoms with Gasteiger partial charge in [0.15, 0.2) is 0 Å². The minimum absolute atomic E-state index is 0.456. The Bertz CT molecular complexity index is 748. The largest absolute Gasteiger partial charge is 0.384 e. The molecule has 2 aromatic heterocycles. The summed E-state index contributed by atoms with van der Waals surface area (Å²) in [5.41, 5.74) is 7.82. The van der Waals surface area contributed by atoms with Crippen molar-refractivity contribution in [1.82, 2.24) is 9.97 Å². The molecule has 3 rings (SSSR count). The smallest absolute Gasteiger partial charge is 0.220 e. The Labute approximate surface area is 109 Å². The molecular formula is C15H12FN3. The molecular weight excluding hydrogens is 241 g/mol. The van der Waals surface area contributed by atoms with Crippen molar-refractivity contribution in [3.05, 3.63) is 54.2 Å². The lowest BCUT2D eigenvalue weighted by atomic mass is 10.00. The molecule has 19 heavy (non-hydrogen) atoms. The van der Waals surface area contributed by atoms with Gasteiger partial charge < -0.3 is 5.73 Å². The van der Waals surface area contributed by atoms with Crippen molar-refractivity contribution < 1.29 is 4.39 Å². The van der Waals surface area contributed by atoms with Crippen molar-refractivity contribution in [3.8, 4) is 11.1 Å². The number of aryl methyl sites for hydroxylation is 1. The molecule has 0 bridgehead atoms. The van der Waals surface area contributed by atoms with Gasteiger partial charge in [0.25, 0.3) is 0 Å². The summed E-state index contributed by atoms with van der Waals surface area (Å²) in [5.74, 6) is 0.0201. The Kier molecular flexibility index (Phi) is 2.63. The van der Waals surface area contributed by atoms with Crippen LogP contribution < -0.4 is 5.73 Å². The second-order valence-electron chi connectivity index (χ2n) is 4.46. The predicted molar refractivity (Wildman–Crippen MR) is 74.1 cm³/mol. The van der Waals surface area contributed by atoms with Crippen LogP contribution in [0.2, 0.25) is 0 Å². The van der Waals surface area contributed by atoms with Crippen LogP contribution in [0.15, 0.2) is 42.7 Å². The maximum Gasteiger partial charge on any atom is 0.220 e. The molecule has 0 fully saturated rings. The number of halogens is 1. The van der Waals surface area contributed by atoms with Gasteiger partial charge in [-0.3, -0.25) is 0 Å². The zero-order valence-electron chi connectivity index (χ0n) is 10.4. The predicted octanol–water partition coefficient (Wildman–Crippen LogP) is 3.33.